The third-order valence-corrected chi connectivity index (χ3v) is 5.37. The predicted molar refractivity (Wildman–Crippen MR) is 83.5 cm³/mol. The van der Waals surface area contributed by atoms with Crippen LogP contribution in [0.2, 0.25) is 0 Å². The Labute approximate surface area is 120 Å². The summed E-state index contributed by atoms with van der Waals surface area (Å²) in [7, 11) is 0. The molecule has 2 aliphatic rings. The standard InChI is InChI=1S/C17H34N2/c1-4-11-18-16-9-7-5-6-8-10-17(16)19-12-14(2)15(3)13-19/h14-18H,4-13H2,1-3H3. The van der Waals surface area contributed by atoms with Gasteiger partial charge in [0.25, 0.3) is 0 Å². The zero-order valence-corrected chi connectivity index (χ0v) is 13.3. The van der Waals surface area contributed by atoms with Crippen molar-refractivity contribution in [2.45, 2.75) is 77.8 Å². The SMILES string of the molecule is CCCNC1CCCCCCC1N1CC(C)C(C)C1. The van der Waals surface area contributed by atoms with Gasteiger partial charge in [0.2, 0.25) is 0 Å². The fourth-order valence-corrected chi connectivity index (χ4v) is 3.91. The number of hydrogen-bond acceptors (Lipinski definition) is 2. The first-order chi connectivity index (χ1) is 9.22. The molecule has 4 unspecified atom stereocenters. The molecule has 0 aromatic rings. The molecule has 0 aromatic carbocycles. The molecular formula is C17H34N2. The van der Waals surface area contributed by atoms with Crippen molar-refractivity contribution in [1.82, 2.24) is 10.2 Å². The molecule has 2 fully saturated rings. The van der Waals surface area contributed by atoms with E-state index in [0.29, 0.717) is 0 Å². The number of nitrogens with one attached hydrogen (secondary N) is 1. The maximum atomic E-state index is 3.85. The molecule has 1 heterocycles. The molecule has 1 aliphatic heterocycles. The van der Waals surface area contributed by atoms with E-state index >= 15 is 0 Å². The highest BCUT2D eigenvalue weighted by Gasteiger charge is 2.34. The van der Waals surface area contributed by atoms with Crippen molar-refractivity contribution in [3.8, 4) is 0 Å². The van der Waals surface area contributed by atoms with Crippen LogP contribution < -0.4 is 5.32 Å². The normalized spacial score (nSPS) is 38.1. The average Bonchev–Trinajstić information content (AvgIpc) is 2.68. The number of nitrogens with zero attached hydrogens (tertiary/aromatic N) is 1. The van der Waals surface area contributed by atoms with Gasteiger partial charge in [-0.25, -0.2) is 0 Å². The maximum absolute atomic E-state index is 3.85. The third kappa shape index (κ3) is 4.19. The molecule has 0 bridgehead atoms. The Kier molecular flexibility index (Phi) is 6.15. The van der Waals surface area contributed by atoms with Crippen LogP contribution in [0.3, 0.4) is 0 Å². The summed E-state index contributed by atoms with van der Waals surface area (Å²) in [4.78, 5) is 2.81. The summed E-state index contributed by atoms with van der Waals surface area (Å²) in [5.74, 6) is 1.77. The van der Waals surface area contributed by atoms with Crippen molar-refractivity contribution in [1.29, 1.82) is 0 Å². The van der Waals surface area contributed by atoms with Gasteiger partial charge in [0.1, 0.15) is 0 Å². The lowest BCUT2D eigenvalue weighted by Gasteiger charge is -2.37. The van der Waals surface area contributed by atoms with Crippen molar-refractivity contribution >= 4 is 0 Å². The van der Waals surface area contributed by atoms with Crippen molar-refractivity contribution in [2.75, 3.05) is 19.6 Å². The first-order valence-electron chi connectivity index (χ1n) is 8.69. The minimum absolute atomic E-state index is 0.748. The molecule has 0 radical (unpaired) electrons. The Hall–Kier alpha value is -0.0800. The quantitative estimate of drug-likeness (QED) is 0.835. The summed E-state index contributed by atoms with van der Waals surface area (Å²) in [6.07, 6.45) is 9.84. The minimum atomic E-state index is 0.748. The summed E-state index contributed by atoms with van der Waals surface area (Å²) in [5, 5.41) is 3.85. The van der Waals surface area contributed by atoms with Crippen molar-refractivity contribution < 1.29 is 0 Å². The Bertz CT molecular complexity index is 242. The summed E-state index contributed by atoms with van der Waals surface area (Å²) in [6.45, 7) is 11.0. The van der Waals surface area contributed by atoms with E-state index in [4.69, 9.17) is 0 Å². The molecule has 0 amide bonds. The fraction of sp³-hybridized carbons (Fsp3) is 1.00. The van der Waals surface area contributed by atoms with Crippen LogP contribution in [0.5, 0.6) is 0 Å². The van der Waals surface area contributed by atoms with Gasteiger partial charge in [-0.05, 0) is 37.6 Å². The Morgan fingerprint density at radius 3 is 2.21 bits per heavy atom. The van der Waals surface area contributed by atoms with E-state index in [1.165, 1.54) is 64.6 Å². The van der Waals surface area contributed by atoms with Gasteiger partial charge in [-0.2, -0.15) is 0 Å². The molecule has 0 spiro atoms. The second-order valence-electron chi connectivity index (χ2n) is 7.03. The van der Waals surface area contributed by atoms with E-state index < -0.39 is 0 Å². The molecule has 0 aromatic heterocycles. The number of likely N-dealkylation sites (tertiary alicyclic amines) is 1. The van der Waals surface area contributed by atoms with Crippen molar-refractivity contribution in [2.24, 2.45) is 11.8 Å². The van der Waals surface area contributed by atoms with Crippen molar-refractivity contribution in [3.63, 3.8) is 0 Å². The average molecular weight is 266 g/mol. The molecule has 19 heavy (non-hydrogen) atoms. The lowest BCUT2D eigenvalue weighted by Crippen LogP contribution is -2.50. The second-order valence-corrected chi connectivity index (χ2v) is 7.03. The monoisotopic (exact) mass is 266 g/mol. The van der Waals surface area contributed by atoms with Crippen LogP contribution in [-0.4, -0.2) is 36.6 Å². The lowest BCUT2D eigenvalue weighted by molar-refractivity contribution is 0.155. The molecule has 2 rings (SSSR count). The fourth-order valence-electron chi connectivity index (χ4n) is 3.91. The van der Waals surface area contributed by atoms with Crippen LogP contribution in [0.25, 0.3) is 0 Å². The van der Waals surface area contributed by atoms with E-state index in [-0.39, 0.29) is 0 Å². The lowest BCUT2D eigenvalue weighted by atomic mass is 9.91. The second kappa shape index (κ2) is 7.64. The Balaban J connectivity index is 1.98. The molecule has 112 valence electrons. The van der Waals surface area contributed by atoms with Crippen LogP contribution >= 0.6 is 0 Å². The molecule has 1 saturated heterocycles. The summed E-state index contributed by atoms with van der Waals surface area (Å²) >= 11 is 0. The van der Waals surface area contributed by atoms with Gasteiger partial charge in [-0.15, -0.1) is 0 Å². The molecule has 1 N–H and O–H groups in total. The summed E-state index contributed by atoms with van der Waals surface area (Å²) in [5.41, 5.74) is 0. The maximum Gasteiger partial charge on any atom is 0.0249 e. The number of hydrogen-bond donors (Lipinski definition) is 1. The Morgan fingerprint density at radius 2 is 1.58 bits per heavy atom. The summed E-state index contributed by atoms with van der Waals surface area (Å²) < 4.78 is 0. The first kappa shape index (κ1) is 15.3. The highest BCUT2D eigenvalue weighted by Crippen LogP contribution is 2.29. The molecular weight excluding hydrogens is 232 g/mol. The molecule has 1 saturated carbocycles. The largest absolute Gasteiger partial charge is 0.312 e. The van der Waals surface area contributed by atoms with Crippen LogP contribution in [0.1, 0.15) is 65.7 Å². The highest BCUT2D eigenvalue weighted by molar-refractivity contribution is 4.91. The summed E-state index contributed by atoms with van der Waals surface area (Å²) in [6, 6.07) is 1.55. The van der Waals surface area contributed by atoms with E-state index in [9.17, 15) is 0 Å². The van der Waals surface area contributed by atoms with Gasteiger partial charge in [-0.3, -0.25) is 4.90 Å². The minimum Gasteiger partial charge on any atom is -0.312 e. The van der Waals surface area contributed by atoms with E-state index in [2.05, 4.69) is 31.0 Å². The van der Waals surface area contributed by atoms with E-state index in [1.807, 2.05) is 0 Å². The first-order valence-corrected chi connectivity index (χ1v) is 8.69. The zero-order valence-electron chi connectivity index (χ0n) is 13.3. The van der Waals surface area contributed by atoms with E-state index in [1.54, 1.807) is 0 Å². The van der Waals surface area contributed by atoms with Gasteiger partial charge in [0.15, 0.2) is 0 Å². The van der Waals surface area contributed by atoms with E-state index in [0.717, 1.165) is 23.9 Å². The van der Waals surface area contributed by atoms with Crippen LogP contribution in [0.4, 0.5) is 0 Å². The van der Waals surface area contributed by atoms with Gasteiger partial charge in [-0.1, -0.05) is 46.5 Å². The third-order valence-electron chi connectivity index (χ3n) is 5.37. The van der Waals surface area contributed by atoms with Gasteiger partial charge >= 0.3 is 0 Å². The van der Waals surface area contributed by atoms with Crippen LogP contribution in [-0.2, 0) is 0 Å². The highest BCUT2D eigenvalue weighted by atomic mass is 15.2. The topological polar surface area (TPSA) is 15.3 Å². The van der Waals surface area contributed by atoms with Crippen molar-refractivity contribution in [3.05, 3.63) is 0 Å². The molecule has 2 heteroatoms. The van der Waals surface area contributed by atoms with Gasteiger partial charge in [0.05, 0.1) is 0 Å². The van der Waals surface area contributed by atoms with Gasteiger partial charge in [0, 0.05) is 25.2 Å². The molecule has 1 aliphatic carbocycles. The zero-order chi connectivity index (χ0) is 13.7. The smallest absolute Gasteiger partial charge is 0.0249 e. The predicted octanol–water partition coefficient (Wildman–Crippen LogP) is 3.67. The van der Waals surface area contributed by atoms with Crippen LogP contribution in [0.15, 0.2) is 0 Å². The molecule has 4 atom stereocenters. The number of rotatable bonds is 4. The molecule has 2 nitrogen and oxygen atoms in total. The van der Waals surface area contributed by atoms with Crippen LogP contribution in [0, 0.1) is 11.8 Å². The Morgan fingerprint density at radius 1 is 0.947 bits per heavy atom. The van der Waals surface area contributed by atoms with Gasteiger partial charge < -0.3 is 5.32 Å².